The van der Waals surface area contributed by atoms with E-state index in [-0.39, 0.29) is 5.91 Å². The Hall–Kier alpha value is -3.22. The lowest BCUT2D eigenvalue weighted by Crippen LogP contribution is -2.28. The van der Waals surface area contributed by atoms with Gasteiger partial charge in [0.15, 0.2) is 16.7 Å². The van der Waals surface area contributed by atoms with Gasteiger partial charge in [-0.2, -0.15) is 0 Å². The Balaban J connectivity index is 1.53. The summed E-state index contributed by atoms with van der Waals surface area (Å²) in [6, 6.07) is 20.7. The molecule has 2 heterocycles. The lowest BCUT2D eigenvalue weighted by molar-refractivity contribution is -0.113. The summed E-state index contributed by atoms with van der Waals surface area (Å²) in [6.07, 6.45) is 1.85. The number of rotatable bonds is 3. The number of amidine groups is 1. The highest BCUT2D eigenvalue weighted by Gasteiger charge is 2.34. The lowest BCUT2D eigenvalue weighted by atomic mass is 10.1. The summed E-state index contributed by atoms with van der Waals surface area (Å²) in [4.78, 5) is 20.4. The molecule has 1 fully saturated rings. The fraction of sp³-hybridized carbons (Fsp3) is 0.120. The largest absolute Gasteiger partial charge is 0.486 e. The second-order valence-electron chi connectivity index (χ2n) is 7.36. The number of aliphatic imine (C=N–C) groups is 1. The number of hydrogen-bond acceptors (Lipinski definition) is 5. The van der Waals surface area contributed by atoms with E-state index in [0.717, 1.165) is 16.8 Å². The molecule has 1 amide bonds. The van der Waals surface area contributed by atoms with Crippen molar-refractivity contribution in [3.8, 4) is 11.5 Å². The average molecular weight is 463 g/mol. The van der Waals surface area contributed by atoms with Gasteiger partial charge in [0.05, 0.1) is 16.3 Å². The van der Waals surface area contributed by atoms with Crippen LogP contribution in [0.5, 0.6) is 11.5 Å². The molecule has 3 aromatic carbocycles. The Kier molecular flexibility index (Phi) is 5.64. The van der Waals surface area contributed by atoms with Crippen LogP contribution in [0.3, 0.4) is 0 Å². The smallest absolute Gasteiger partial charge is 0.271 e. The van der Waals surface area contributed by atoms with Crippen molar-refractivity contribution in [3.63, 3.8) is 0 Å². The number of aryl methyl sites for hydroxylation is 1. The molecule has 7 heteroatoms. The van der Waals surface area contributed by atoms with E-state index in [1.807, 2.05) is 67.6 Å². The molecule has 0 aromatic heterocycles. The lowest BCUT2D eigenvalue weighted by Gasteiger charge is -2.18. The topological polar surface area (TPSA) is 51.1 Å². The third-order valence-corrected chi connectivity index (χ3v) is 6.23. The SMILES string of the molecule is Cc1ccc(/N=C2\S/C(=C\c3ccc4c(c3)OCCO4)C(=O)N2c2ccc(Cl)cc2)cc1. The van der Waals surface area contributed by atoms with E-state index in [9.17, 15) is 4.79 Å². The zero-order chi connectivity index (χ0) is 22.1. The minimum absolute atomic E-state index is 0.141. The Morgan fingerprint density at radius 2 is 1.69 bits per heavy atom. The standard InChI is InChI=1S/C25H19ClN2O3S/c1-16-2-7-19(8-3-16)27-25-28(20-9-5-18(26)6-10-20)24(29)23(32-25)15-17-4-11-21-22(14-17)31-13-12-30-21/h2-11,14-15H,12-13H2,1H3/b23-15-,27-25-. The van der Waals surface area contributed by atoms with Gasteiger partial charge in [-0.05, 0) is 78.9 Å². The first kappa shape index (κ1) is 20.7. The molecule has 3 aromatic rings. The third kappa shape index (κ3) is 4.24. The molecule has 0 unspecified atom stereocenters. The number of halogens is 1. The van der Waals surface area contributed by atoms with E-state index >= 15 is 0 Å². The van der Waals surface area contributed by atoms with Gasteiger partial charge in [-0.25, -0.2) is 4.99 Å². The minimum atomic E-state index is -0.141. The number of carbonyl (C=O) groups is 1. The van der Waals surface area contributed by atoms with Crippen LogP contribution in [-0.4, -0.2) is 24.3 Å². The van der Waals surface area contributed by atoms with Crippen LogP contribution in [0.15, 0.2) is 76.6 Å². The number of amides is 1. The van der Waals surface area contributed by atoms with Crippen molar-refractivity contribution in [2.45, 2.75) is 6.92 Å². The van der Waals surface area contributed by atoms with Gasteiger partial charge in [0.1, 0.15) is 13.2 Å². The van der Waals surface area contributed by atoms with Gasteiger partial charge in [0, 0.05) is 5.02 Å². The molecular formula is C25H19ClN2O3S. The van der Waals surface area contributed by atoms with E-state index in [1.165, 1.54) is 11.8 Å². The zero-order valence-electron chi connectivity index (χ0n) is 17.2. The molecule has 2 aliphatic heterocycles. The maximum absolute atomic E-state index is 13.4. The molecule has 32 heavy (non-hydrogen) atoms. The fourth-order valence-corrected chi connectivity index (χ4v) is 4.52. The van der Waals surface area contributed by atoms with Crippen molar-refractivity contribution in [1.82, 2.24) is 0 Å². The number of anilines is 1. The summed E-state index contributed by atoms with van der Waals surface area (Å²) >= 11 is 7.40. The minimum Gasteiger partial charge on any atom is -0.486 e. The number of thioether (sulfide) groups is 1. The van der Waals surface area contributed by atoms with Crippen LogP contribution in [0, 0.1) is 6.92 Å². The van der Waals surface area contributed by atoms with Gasteiger partial charge >= 0.3 is 0 Å². The fourth-order valence-electron chi connectivity index (χ4n) is 3.40. The van der Waals surface area contributed by atoms with Gasteiger partial charge in [-0.1, -0.05) is 35.4 Å². The van der Waals surface area contributed by atoms with Crippen LogP contribution < -0.4 is 14.4 Å². The molecule has 1 saturated heterocycles. The third-order valence-electron chi connectivity index (χ3n) is 5.01. The Bertz CT molecular complexity index is 1240. The van der Waals surface area contributed by atoms with Gasteiger partial charge in [-0.15, -0.1) is 0 Å². The van der Waals surface area contributed by atoms with Gasteiger partial charge < -0.3 is 9.47 Å². The molecule has 160 valence electrons. The molecule has 0 atom stereocenters. The molecule has 0 aliphatic carbocycles. The summed E-state index contributed by atoms with van der Waals surface area (Å²) in [5.41, 5.74) is 3.50. The number of hydrogen-bond donors (Lipinski definition) is 0. The van der Waals surface area contributed by atoms with Crippen LogP contribution in [0.1, 0.15) is 11.1 Å². The van der Waals surface area contributed by atoms with E-state index in [0.29, 0.717) is 45.5 Å². The molecule has 0 bridgehead atoms. The maximum Gasteiger partial charge on any atom is 0.271 e. The first-order valence-electron chi connectivity index (χ1n) is 10.1. The number of fused-ring (bicyclic) bond motifs is 1. The predicted octanol–water partition coefficient (Wildman–Crippen LogP) is 6.23. The number of benzene rings is 3. The highest BCUT2D eigenvalue weighted by atomic mass is 35.5. The second kappa shape index (κ2) is 8.73. The predicted molar refractivity (Wildman–Crippen MR) is 130 cm³/mol. The molecule has 0 radical (unpaired) electrons. The van der Waals surface area contributed by atoms with Crippen LogP contribution in [0.25, 0.3) is 6.08 Å². The zero-order valence-corrected chi connectivity index (χ0v) is 18.8. The second-order valence-corrected chi connectivity index (χ2v) is 8.81. The highest BCUT2D eigenvalue weighted by molar-refractivity contribution is 8.19. The summed E-state index contributed by atoms with van der Waals surface area (Å²) in [6.45, 7) is 3.08. The molecule has 5 nitrogen and oxygen atoms in total. The van der Waals surface area contributed by atoms with Crippen LogP contribution in [0.2, 0.25) is 5.02 Å². The Morgan fingerprint density at radius 3 is 2.44 bits per heavy atom. The monoisotopic (exact) mass is 462 g/mol. The number of ether oxygens (including phenoxy) is 2. The van der Waals surface area contributed by atoms with Crippen molar-refractivity contribution in [3.05, 3.63) is 87.8 Å². The summed E-state index contributed by atoms with van der Waals surface area (Å²) in [5, 5.41) is 1.20. The number of carbonyl (C=O) groups excluding carboxylic acids is 1. The summed E-state index contributed by atoms with van der Waals surface area (Å²) in [5.74, 6) is 1.26. The van der Waals surface area contributed by atoms with Crippen LogP contribution >= 0.6 is 23.4 Å². The first-order valence-corrected chi connectivity index (χ1v) is 11.3. The van der Waals surface area contributed by atoms with Crippen molar-refractivity contribution in [2.75, 3.05) is 18.1 Å². The number of nitrogens with zero attached hydrogens (tertiary/aromatic N) is 2. The molecule has 5 rings (SSSR count). The van der Waals surface area contributed by atoms with Crippen LogP contribution in [-0.2, 0) is 4.79 Å². The van der Waals surface area contributed by atoms with E-state index in [4.69, 9.17) is 26.1 Å². The molecule has 0 spiro atoms. The van der Waals surface area contributed by atoms with Gasteiger partial charge in [0.2, 0.25) is 0 Å². The van der Waals surface area contributed by atoms with Crippen molar-refractivity contribution < 1.29 is 14.3 Å². The molecule has 0 N–H and O–H groups in total. The van der Waals surface area contributed by atoms with Crippen molar-refractivity contribution >= 4 is 51.9 Å². The summed E-state index contributed by atoms with van der Waals surface area (Å²) in [7, 11) is 0. The van der Waals surface area contributed by atoms with E-state index < -0.39 is 0 Å². The van der Waals surface area contributed by atoms with Gasteiger partial charge in [-0.3, -0.25) is 9.69 Å². The molecular weight excluding hydrogens is 444 g/mol. The Labute approximate surface area is 195 Å². The highest BCUT2D eigenvalue weighted by Crippen LogP contribution is 2.39. The van der Waals surface area contributed by atoms with E-state index in [1.54, 1.807) is 17.0 Å². The van der Waals surface area contributed by atoms with Crippen molar-refractivity contribution in [1.29, 1.82) is 0 Å². The van der Waals surface area contributed by atoms with Gasteiger partial charge in [0.25, 0.3) is 5.91 Å². The Morgan fingerprint density at radius 1 is 0.969 bits per heavy atom. The molecule has 2 aliphatic rings. The van der Waals surface area contributed by atoms with Crippen LogP contribution in [0.4, 0.5) is 11.4 Å². The summed E-state index contributed by atoms with van der Waals surface area (Å²) < 4.78 is 11.3. The normalized spacial score (nSPS) is 17.9. The first-order chi connectivity index (χ1) is 15.6. The van der Waals surface area contributed by atoms with Crippen molar-refractivity contribution in [2.24, 2.45) is 4.99 Å². The molecule has 0 saturated carbocycles. The average Bonchev–Trinajstić information content (AvgIpc) is 3.10. The van der Waals surface area contributed by atoms with E-state index in [2.05, 4.69) is 0 Å². The maximum atomic E-state index is 13.4. The quantitative estimate of drug-likeness (QED) is 0.433.